The summed E-state index contributed by atoms with van der Waals surface area (Å²) in [4.78, 5) is 29.7. The minimum absolute atomic E-state index is 0.0121. The third-order valence-corrected chi connectivity index (χ3v) is 9.33. The smallest absolute Gasteiger partial charge is 0.348 e. The molecule has 0 unspecified atom stereocenters. The van der Waals surface area contributed by atoms with Crippen molar-refractivity contribution in [2.45, 2.75) is 103 Å². The molecular weight excluding hydrogens is 462 g/mol. The van der Waals surface area contributed by atoms with Crippen LogP contribution in [-0.2, 0) is 19.7 Å². The van der Waals surface area contributed by atoms with Crippen molar-refractivity contribution < 1.29 is 24.2 Å². The van der Waals surface area contributed by atoms with Crippen LogP contribution in [0.1, 0.15) is 94.1 Å². The summed E-state index contributed by atoms with van der Waals surface area (Å²) in [5, 5.41) is 10.1. The number of rotatable bonds is 6. The first-order valence-electron chi connectivity index (χ1n) is 13.1. The fraction of sp³-hybridized carbons (Fsp3) is 0.714. The summed E-state index contributed by atoms with van der Waals surface area (Å²) in [5.74, 6) is -0.756. The molecule has 1 N–H and O–H groups in total. The Labute approximate surface area is 213 Å². The first-order chi connectivity index (χ1) is 16.5. The Balaban J connectivity index is 1.63. The quantitative estimate of drug-likeness (QED) is 0.469. The molecule has 1 amide bonds. The molecule has 6 nitrogen and oxygen atoms in total. The van der Waals surface area contributed by atoms with Crippen LogP contribution < -0.4 is 4.90 Å². The van der Waals surface area contributed by atoms with Gasteiger partial charge in [0.15, 0.2) is 0 Å². The Hall–Kier alpha value is -1.70. The second-order valence-electron chi connectivity index (χ2n) is 11.7. The lowest BCUT2D eigenvalue weighted by Gasteiger charge is -2.40. The maximum absolute atomic E-state index is 14.2. The molecule has 2 fully saturated rings. The van der Waals surface area contributed by atoms with Gasteiger partial charge < -0.3 is 19.5 Å². The van der Waals surface area contributed by atoms with Crippen molar-refractivity contribution in [1.29, 1.82) is 0 Å². The molecule has 3 atom stereocenters. The Kier molecular flexibility index (Phi) is 8.08. The van der Waals surface area contributed by atoms with Crippen molar-refractivity contribution >= 4 is 28.9 Å². The first kappa shape index (κ1) is 26.4. The number of thiophene rings is 1. The van der Waals surface area contributed by atoms with Gasteiger partial charge in [0.05, 0.1) is 24.5 Å². The summed E-state index contributed by atoms with van der Waals surface area (Å²) >= 11 is 1.31. The van der Waals surface area contributed by atoms with Crippen molar-refractivity contribution in [3.05, 3.63) is 27.5 Å². The number of hydrogen-bond acceptors (Lipinski definition) is 5. The van der Waals surface area contributed by atoms with Gasteiger partial charge in [-0.3, -0.25) is 4.79 Å². The van der Waals surface area contributed by atoms with Crippen LogP contribution in [-0.4, -0.2) is 48.4 Å². The third kappa shape index (κ3) is 6.00. The molecule has 0 radical (unpaired) electrons. The Morgan fingerprint density at radius 2 is 1.86 bits per heavy atom. The molecule has 0 spiro atoms. The Bertz CT molecular complexity index is 947. The topological polar surface area (TPSA) is 76.1 Å². The van der Waals surface area contributed by atoms with E-state index < -0.39 is 5.97 Å². The number of allylic oxidation sites excluding steroid dienone is 2. The molecule has 1 aliphatic heterocycles. The van der Waals surface area contributed by atoms with Gasteiger partial charge in [0, 0.05) is 23.4 Å². The van der Waals surface area contributed by atoms with Crippen LogP contribution in [0.3, 0.4) is 0 Å². The van der Waals surface area contributed by atoms with Crippen molar-refractivity contribution in [3.8, 4) is 0 Å². The molecule has 194 valence electrons. The molecule has 1 saturated carbocycles. The Morgan fingerprint density at radius 1 is 1.14 bits per heavy atom. The third-order valence-electron chi connectivity index (χ3n) is 7.79. The average molecular weight is 504 g/mol. The van der Waals surface area contributed by atoms with E-state index in [1.54, 1.807) is 0 Å². The monoisotopic (exact) mass is 503 g/mol. The molecule has 7 heteroatoms. The van der Waals surface area contributed by atoms with E-state index in [0.717, 1.165) is 56.4 Å². The van der Waals surface area contributed by atoms with E-state index in [1.807, 2.05) is 11.0 Å². The summed E-state index contributed by atoms with van der Waals surface area (Å²) in [6, 6.07) is 1.96. The van der Waals surface area contributed by atoms with E-state index in [2.05, 4.69) is 40.7 Å². The highest BCUT2D eigenvalue weighted by molar-refractivity contribution is 7.14. The van der Waals surface area contributed by atoms with E-state index in [0.29, 0.717) is 12.3 Å². The molecule has 0 aromatic carbocycles. The van der Waals surface area contributed by atoms with Crippen LogP contribution >= 0.6 is 11.3 Å². The van der Waals surface area contributed by atoms with Crippen molar-refractivity contribution in [2.75, 3.05) is 18.1 Å². The molecular formula is C28H41NO5S. The number of nitrogens with zero attached hydrogens (tertiary/aromatic N) is 1. The zero-order valence-corrected chi connectivity index (χ0v) is 22.7. The van der Waals surface area contributed by atoms with Gasteiger partial charge in [-0.2, -0.15) is 0 Å². The fourth-order valence-corrected chi connectivity index (χ4v) is 6.77. The summed E-state index contributed by atoms with van der Waals surface area (Å²) < 4.78 is 11.7. The maximum Gasteiger partial charge on any atom is 0.348 e. The van der Waals surface area contributed by atoms with Gasteiger partial charge in [-0.15, -0.1) is 11.3 Å². The lowest BCUT2D eigenvalue weighted by molar-refractivity contribution is -0.124. The predicted molar refractivity (Wildman–Crippen MR) is 139 cm³/mol. The van der Waals surface area contributed by atoms with Crippen LogP contribution in [0.2, 0.25) is 0 Å². The minimum atomic E-state index is -0.955. The number of aromatic carboxylic acids is 1. The first-order valence-corrected chi connectivity index (χ1v) is 14.0. The number of anilines is 1. The maximum atomic E-state index is 14.2. The van der Waals surface area contributed by atoms with Gasteiger partial charge in [-0.1, -0.05) is 39.3 Å². The van der Waals surface area contributed by atoms with Crippen molar-refractivity contribution in [3.63, 3.8) is 0 Å². The second-order valence-corrected chi connectivity index (χ2v) is 12.8. The minimum Gasteiger partial charge on any atom is -0.477 e. The zero-order chi connectivity index (χ0) is 25.3. The second kappa shape index (κ2) is 10.7. The zero-order valence-electron chi connectivity index (χ0n) is 21.8. The number of carboxylic acid groups (broad SMARTS) is 1. The summed E-state index contributed by atoms with van der Waals surface area (Å²) in [5.41, 5.74) is 1.73. The summed E-state index contributed by atoms with van der Waals surface area (Å²) in [6.07, 6.45) is 8.52. The van der Waals surface area contributed by atoms with Crippen LogP contribution in [0.5, 0.6) is 0 Å². The molecule has 4 rings (SSSR count). The van der Waals surface area contributed by atoms with Gasteiger partial charge in [-0.05, 0) is 69.3 Å². The molecule has 2 heterocycles. The van der Waals surface area contributed by atoms with Crippen molar-refractivity contribution in [2.24, 2.45) is 11.8 Å². The number of hydrogen-bond donors (Lipinski definition) is 1. The lowest BCUT2D eigenvalue weighted by atomic mass is 9.79. The highest BCUT2D eigenvalue weighted by Crippen LogP contribution is 2.42. The van der Waals surface area contributed by atoms with Crippen LogP contribution in [0.4, 0.5) is 5.69 Å². The Morgan fingerprint density at radius 3 is 2.43 bits per heavy atom. The largest absolute Gasteiger partial charge is 0.477 e. The van der Waals surface area contributed by atoms with Crippen LogP contribution in [0, 0.1) is 11.8 Å². The van der Waals surface area contributed by atoms with Gasteiger partial charge in [0.25, 0.3) is 0 Å². The normalized spacial score (nSPS) is 29.6. The molecule has 0 bridgehead atoms. The van der Waals surface area contributed by atoms with Gasteiger partial charge >= 0.3 is 5.97 Å². The lowest BCUT2D eigenvalue weighted by Crippen LogP contribution is -2.48. The number of carboxylic acids is 1. The van der Waals surface area contributed by atoms with E-state index in [9.17, 15) is 14.7 Å². The summed E-state index contributed by atoms with van der Waals surface area (Å²) in [6.45, 7) is 12.0. The number of carbonyl (C=O) groups is 2. The van der Waals surface area contributed by atoms with E-state index in [4.69, 9.17) is 9.47 Å². The molecule has 1 saturated heterocycles. The SMILES string of the molecule is CC1=CC[C@H](C(=O)N(c2cc(C(C)(C)C)sc2C(=O)O)C2CCC(O[C@H]3CCOC3)CC2)[C@@H](C)C1. The van der Waals surface area contributed by atoms with E-state index >= 15 is 0 Å². The van der Waals surface area contributed by atoms with Gasteiger partial charge in [0.1, 0.15) is 4.88 Å². The van der Waals surface area contributed by atoms with Crippen LogP contribution in [0.15, 0.2) is 17.7 Å². The highest BCUT2D eigenvalue weighted by atomic mass is 32.1. The predicted octanol–water partition coefficient (Wildman–Crippen LogP) is 6.19. The standard InChI is InChI=1S/C28H41NO5S/c1-17-6-11-22(18(2)14-17)26(30)29(23-15-24(28(3,4)5)35-25(23)27(31)32)19-7-9-20(10-8-19)34-21-12-13-33-16-21/h6,15,18-22H,7-14,16H2,1-5H3,(H,31,32)/t18-,19?,20?,21-,22-/m0/s1. The van der Waals surface area contributed by atoms with Gasteiger partial charge in [-0.25, -0.2) is 4.79 Å². The molecule has 1 aromatic heterocycles. The van der Waals surface area contributed by atoms with Crippen molar-refractivity contribution in [1.82, 2.24) is 0 Å². The summed E-state index contributed by atoms with van der Waals surface area (Å²) in [7, 11) is 0. The number of carbonyl (C=O) groups excluding carboxylic acids is 1. The molecule has 3 aliphatic rings. The average Bonchev–Trinajstić information content (AvgIpc) is 3.45. The number of amides is 1. The van der Waals surface area contributed by atoms with E-state index in [-0.39, 0.29) is 46.3 Å². The van der Waals surface area contributed by atoms with Crippen LogP contribution in [0.25, 0.3) is 0 Å². The van der Waals surface area contributed by atoms with E-state index in [1.165, 1.54) is 16.9 Å². The molecule has 1 aromatic rings. The fourth-order valence-electron chi connectivity index (χ4n) is 5.73. The van der Waals surface area contributed by atoms with Gasteiger partial charge in [0.2, 0.25) is 5.91 Å². The highest BCUT2D eigenvalue weighted by Gasteiger charge is 2.39. The molecule has 2 aliphatic carbocycles. The molecule has 35 heavy (non-hydrogen) atoms. The number of ether oxygens (including phenoxy) is 2.